The van der Waals surface area contributed by atoms with Crippen LogP contribution in [-0.4, -0.2) is 28.2 Å². The summed E-state index contributed by atoms with van der Waals surface area (Å²) in [4.78, 5) is 0. The van der Waals surface area contributed by atoms with Crippen LogP contribution < -0.4 is 10.1 Å². The van der Waals surface area contributed by atoms with Gasteiger partial charge in [-0.15, -0.1) is 5.10 Å². The molecule has 1 N–H and O–H groups in total. The molecule has 0 radical (unpaired) electrons. The zero-order valence-corrected chi connectivity index (χ0v) is 10.4. The largest absolute Gasteiger partial charge is 0.433 e. The van der Waals surface area contributed by atoms with Crippen LogP contribution in [0.25, 0.3) is 5.69 Å². The lowest BCUT2D eigenvalue weighted by atomic mass is 10.3. The van der Waals surface area contributed by atoms with Crippen LogP contribution in [0.5, 0.6) is 5.75 Å². The number of halogens is 2. The molecule has 2 rings (SSSR count). The molecular weight excluding hydrogens is 254 g/mol. The van der Waals surface area contributed by atoms with E-state index in [1.807, 2.05) is 6.92 Å². The van der Waals surface area contributed by atoms with Crippen LogP contribution in [0.4, 0.5) is 8.78 Å². The van der Waals surface area contributed by atoms with Crippen molar-refractivity contribution in [2.75, 3.05) is 6.54 Å². The molecule has 7 heteroatoms. The third-order valence-corrected chi connectivity index (χ3v) is 2.43. The molecule has 5 nitrogen and oxygen atoms in total. The SMILES string of the molecule is CCNCc1cn(-c2ccccc2OC(F)F)nn1. The van der Waals surface area contributed by atoms with Crippen molar-refractivity contribution in [1.82, 2.24) is 20.3 Å². The van der Waals surface area contributed by atoms with E-state index in [-0.39, 0.29) is 5.75 Å². The Labute approximate surface area is 109 Å². The quantitative estimate of drug-likeness (QED) is 0.870. The molecule has 2 aromatic rings. The lowest BCUT2D eigenvalue weighted by molar-refractivity contribution is -0.0499. The first-order chi connectivity index (χ1) is 9.20. The van der Waals surface area contributed by atoms with Gasteiger partial charge in [0.15, 0.2) is 5.75 Å². The first-order valence-electron chi connectivity index (χ1n) is 5.87. The number of nitrogens with one attached hydrogen (secondary N) is 1. The van der Waals surface area contributed by atoms with Gasteiger partial charge in [0.25, 0.3) is 0 Å². The summed E-state index contributed by atoms with van der Waals surface area (Å²) in [6.45, 7) is 0.508. The Kier molecular flexibility index (Phi) is 4.40. The number of benzene rings is 1. The fraction of sp³-hybridized carbons (Fsp3) is 0.333. The lowest BCUT2D eigenvalue weighted by Crippen LogP contribution is -2.11. The average Bonchev–Trinajstić information content (AvgIpc) is 2.85. The number of aromatic nitrogens is 3. The molecule has 0 aliphatic heterocycles. The molecule has 0 unspecified atom stereocenters. The van der Waals surface area contributed by atoms with Crippen LogP contribution in [0.1, 0.15) is 12.6 Å². The van der Waals surface area contributed by atoms with Gasteiger partial charge in [0.05, 0.1) is 11.9 Å². The van der Waals surface area contributed by atoms with E-state index in [4.69, 9.17) is 0 Å². The summed E-state index contributed by atoms with van der Waals surface area (Å²) in [5.74, 6) is 0.0670. The number of alkyl halides is 2. The first kappa shape index (κ1) is 13.4. The number of hydrogen-bond donors (Lipinski definition) is 1. The van der Waals surface area contributed by atoms with E-state index in [1.165, 1.54) is 10.7 Å². The van der Waals surface area contributed by atoms with Crippen molar-refractivity contribution < 1.29 is 13.5 Å². The second-order valence-corrected chi connectivity index (χ2v) is 3.78. The number of rotatable bonds is 6. The highest BCUT2D eigenvalue weighted by Crippen LogP contribution is 2.23. The van der Waals surface area contributed by atoms with Crippen molar-refractivity contribution in [3.63, 3.8) is 0 Å². The molecule has 0 saturated heterocycles. The van der Waals surface area contributed by atoms with Crippen LogP contribution >= 0.6 is 0 Å². The Hall–Kier alpha value is -2.02. The van der Waals surface area contributed by atoms with E-state index in [1.54, 1.807) is 24.4 Å². The fourth-order valence-electron chi connectivity index (χ4n) is 1.59. The Balaban J connectivity index is 2.23. The van der Waals surface area contributed by atoms with E-state index in [0.29, 0.717) is 12.2 Å². The monoisotopic (exact) mass is 268 g/mol. The topological polar surface area (TPSA) is 52.0 Å². The average molecular weight is 268 g/mol. The third kappa shape index (κ3) is 3.47. The number of ether oxygens (including phenoxy) is 1. The zero-order valence-electron chi connectivity index (χ0n) is 10.4. The molecule has 1 aromatic heterocycles. The zero-order chi connectivity index (χ0) is 13.7. The normalized spacial score (nSPS) is 10.9. The van der Waals surface area contributed by atoms with E-state index < -0.39 is 6.61 Å². The maximum Gasteiger partial charge on any atom is 0.387 e. The van der Waals surface area contributed by atoms with Gasteiger partial charge in [0.2, 0.25) is 0 Å². The lowest BCUT2D eigenvalue weighted by Gasteiger charge is -2.09. The van der Waals surface area contributed by atoms with Gasteiger partial charge in [-0.2, -0.15) is 8.78 Å². The highest BCUT2D eigenvalue weighted by molar-refractivity contribution is 5.45. The molecule has 0 atom stereocenters. The second-order valence-electron chi connectivity index (χ2n) is 3.78. The van der Waals surface area contributed by atoms with Gasteiger partial charge < -0.3 is 10.1 Å². The maximum absolute atomic E-state index is 12.3. The van der Waals surface area contributed by atoms with Crippen molar-refractivity contribution >= 4 is 0 Å². The van der Waals surface area contributed by atoms with Crippen molar-refractivity contribution in [3.05, 3.63) is 36.2 Å². The Morgan fingerprint density at radius 3 is 2.89 bits per heavy atom. The molecule has 0 bridgehead atoms. The minimum Gasteiger partial charge on any atom is -0.433 e. The van der Waals surface area contributed by atoms with Gasteiger partial charge in [-0.1, -0.05) is 24.3 Å². The summed E-state index contributed by atoms with van der Waals surface area (Å²) in [6.07, 6.45) is 1.68. The van der Waals surface area contributed by atoms with Gasteiger partial charge in [-0.25, -0.2) is 4.68 Å². The number of para-hydroxylation sites is 2. The molecular formula is C12H14F2N4O. The van der Waals surface area contributed by atoms with Gasteiger partial charge in [0.1, 0.15) is 5.69 Å². The molecule has 0 amide bonds. The Bertz CT molecular complexity index is 530. The van der Waals surface area contributed by atoms with Crippen LogP contribution in [0.3, 0.4) is 0 Å². The van der Waals surface area contributed by atoms with Crippen LogP contribution in [0.2, 0.25) is 0 Å². The van der Waals surface area contributed by atoms with Gasteiger partial charge in [0, 0.05) is 6.54 Å². The molecule has 0 aliphatic carbocycles. The summed E-state index contributed by atoms with van der Waals surface area (Å²) in [7, 11) is 0. The summed E-state index contributed by atoms with van der Waals surface area (Å²) < 4.78 is 30.5. The third-order valence-electron chi connectivity index (χ3n) is 2.43. The van der Waals surface area contributed by atoms with Gasteiger partial charge in [-0.3, -0.25) is 0 Å². The second kappa shape index (κ2) is 6.24. The van der Waals surface area contributed by atoms with E-state index >= 15 is 0 Å². The minimum absolute atomic E-state index is 0.0670. The van der Waals surface area contributed by atoms with Crippen LogP contribution in [-0.2, 0) is 6.54 Å². The summed E-state index contributed by atoms with van der Waals surface area (Å²) in [6, 6.07) is 6.45. The smallest absolute Gasteiger partial charge is 0.387 e. The number of nitrogens with zero attached hydrogens (tertiary/aromatic N) is 3. The highest BCUT2D eigenvalue weighted by atomic mass is 19.3. The van der Waals surface area contributed by atoms with E-state index in [2.05, 4.69) is 20.4 Å². The Morgan fingerprint density at radius 2 is 2.16 bits per heavy atom. The van der Waals surface area contributed by atoms with Gasteiger partial charge in [-0.05, 0) is 18.7 Å². The van der Waals surface area contributed by atoms with Crippen molar-refractivity contribution in [2.45, 2.75) is 20.1 Å². The summed E-state index contributed by atoms with van der Waals surface area (Å²) >= 11 is 0. The standard InChI is InChI=1S/C12H14F2N4O/c1-2-15-7-9-8-18(17-16-9)10-5-3-4-6-11(10)19-12(13)14/h3-6,8,12,15H,2,7H2,1H3. The van der Waals surface area contributed by atoms with Crippen molar-refractivity contribution in [1.29, 1.82) is 0 Å². The molecule has 19 heavy (non-hydrogen) atoms. The van der Waals surface area contributed by atoms with Crippen molar-refractivity contribution in [2.24, 2.45) is 0 Å². The first-order valence-corrected chi connectivity index (χ1v) is 5.87. The van der Waals surface area contributed by atoms with E-state index in [9.17, 15) is 8.78 Å². The van der Waals surface area contributed by atoms with Crippen LogP contribution in [0.15, 0.2) is 30.5 Å². The Morgan fingerprint density at radius 1 is 1.37 bits per heavy atom. The molecule has 0 fully saturated rings. The predicted octanol–water partition coefficient (Wildman–Crippen LogP) is 1.98. The van der Waals surface area contributed by atoms with E-state index in [0.717, 1.165) is 12.2 Å². The molecule has 1 aromatic carbocycles. The molecule has 102 valence electrons. The minimum atomic E-state index is -2.87. The molecule has 0 saturated carbocycles. The maximum atomic E-state index is 12.3. The molecule has 1 heterocycles. The molecule has 0 aliphatic rings. The summed E-state index contributed by atoms with van der Waals surface area (Å²) in [5.41, 5.74) is 1.16. The van der Waals surface area contributed by atoms with Gasteiger partial charge >= 0.3 is 6.61 Å². The summed E-state index contributed by atoms with van der Waals surface area (Å²) in [5, 5.41) is 11.0. The predicted molar refractivity (Wildman–Crippen MR) is 65.4 cm³/mol. The van der Waals surface area contributed by atoms with Crippen LogP contribution in [0, 0.1) is 0 Å². The molecule has 0 spiro atoms. The number of hydrogen-bond acceptors (Lipinski definition) is 4. The fourth-order valence-corrected chi connectivity index (χ4v) is 1.59. The van der Waals surface area contributed by atoms with Crippen molar-refractivity contribution in [3.8, 4) is 11.4 Å². The highest BCUT2D eigenvalue weighted by Gasteiger charge is 2.12.